The smallest absolute Gasteiger partial charge is 0.233 e. The minimum Gasteiger partial charge on any atom is -0.356 e. The highest BCUT2D eigenvalue weighted by Gasteiger charge is 2.47. The summed E-state index contributed by atoms with van der Waals surface area (Å²) in [7, 11) is 0. The number of carbonyl (C=O) groups excluding carboxylic acids is 3. The summed E-state index contributed by atoms with van der Waals surface area (Å²) in [5, 5.41) is 2.89. The molecule has 1 saturated carbocycles. The Morgan fingerprint density at radius 3 is 2.56 bits per heavy atom. The first-order valence-electron chi connectivity index (χ1n) is 9.14. The molecule has 0 radical (unpaired) electrons. The van der Waals surface area contributed by atoms with E-state index in [1.165, 1.54) is 4.90 Å². The van der Waals surface area contributed by atoms with Crippen LogP contribution < -0.4 is 5.32 Å². The molecule has 1 aromatic heterocycles. The predicted molar refractivity (Wildman–Crippen MR) is 91.2 cm³/mol. The van der Waals surface area contributed by atoms with Crippen LogP contribution in [-0.4, -0.2) is 45.3 Å². The molecule has 3 atom stereocenters. The van der Waals surface area contributed by atoms with Crippen LogP contribution in [0.2, 0.25) is 0 Å². The lowest BCUT2D eigenvalue weighted by atomic mass is 9.81. The molecule has 7 heteroatoms. The number of rotatable bonds is 7. The number of amides is 3. The van der Waals surface area contributed by atoms with Crippen LogP contribution in [0.15, 0.2) is 18.7 Å². The Labute approximate surface area is 147 Å². The van der Waals surface area contributed by atoms with Crippen LogP contribution in [0.4, 0.5) is 0 Å². The highest BCUT2D eigenvalue weighted by molar-refractivity contribution is 6.05. The van der Waals surface area contributed by atoms with Crippen molar-refractivity contribution in [3.63, 3.8) is 0 Å². The quantitative estimate of drug-likeness (QED) is 0.752. The number of imide groups is 1. The van der Waals surface area contributed by atoms with E-state index in [0.29, 0.717) is 6.54 Å². The molecule has 3 amide bonds. The van der Waals surface area contributed by atoms with E-state index in [9.17, 15) is 14.4 Å². The molecular formula is C18H26N4O3. The van der Waals surface area contributed by atoms with Gasteiger partial charge in [-0.2, -0.15) is 0 Å². The number of hydrogen-bond donors (Lipinski definition) is 1. The van der Waals surface area contributed by atoms with Crippen LogP contribution in [0.5, 0.6) is 0 Å². The Balaban J connectivity index is 1.41. The summed E-state index contributed by atoms with van der Waals surface area (Å²) in [6.45, 7) is 3.60. The molecule has 0 unspecified atom stereocenters. The summed E-state index contributed by atoms with van der Waals surface area (Å²) in [6.07, 6.45) is 9.20. The predicted octanol–water partition coefficient (Wildman–Crippen LogP) is 1.20. The van der Waals surface area contributed by atoms with Gasteiger partial charge in [-0.3, -0.25) is 19.3 Å². The molecular weight excluding hydrogens is 320 g/mol. The van der Waals surface area contributed by atoms with Gasteiger partial charge in [0.25, 0.3) is 0 Å². The third kappa shape index (κ3) is 4.08. The van der Waals surface area contributed by atoms with Crippen molar-refractivity contribution in [3.8, 4) is 0 Å². The lowest BCUT2D eigenvalue weighted by Gasteiger charge is -2.19. The van der Waals surface area contributed by atoms with Gasteiger partial charge < -0.3 is 9.88 Å². The molecule has 7 nitrogen and oxygen atoms in total. The molecule has 0 spiro atoms. The maximum atomic E-state index is 12.4. The van der Waals surface area contributed by atoms with Gasteiger partial charge in [-0.15, -0.1) is 0 Å². The molecule has 1 N–H and O–H groups in total. The second-order valence-electron chi connectivity index (χ2n) is 7.24. The number of nitrogens with zero attached hydrogens (tertiary/aromatic N) is 3. The van der Waals surface area contributed by atoms with E-state index in [2.05, 4.69) is 17.2 Å². The molecule has 0 aromatic carbocycles. The van der Waals surface area contributed by atoms with E-state index in [0.717, 1.165) is 32.2 Å². The third-order valence-electron chi connectivity index (χ3n) is 5.22. The number of likely N-dealkylation sites (tertiary alicyclic amines) is 1. The summed E-state index contributed by atoms with van der Waals surface area (Å²) < 4.78 is 1.97. The largest absolute Gasteiger partial charge is 0.356 e. The van der Waals surface area contributed by atoms with Gasteiger partial charge in [0.15, 0.2) is 0 Å². The van der Waals surface area contributed by atoms with Crippen molar-refractivity contribution in [2.45, 2.75) is 45.6 Å². The molecule has 2 fully saturated rings. The number of nitrogens with one attached hydrogen (secondary N) is 1. The van der Waals surface area contributed by atoms with Crippen molar-refractivity contribution in [3.05, 3.63) is 18.7 Å². The van der Waals surface area contributed by atoms with Gasteiger partial charge in [0.2, 0.25) is 17.7 Å². The number of aromatic nitrogens is 2. The van der Waals surface area contributed by atoms with Gasteiger partial charge in [0, 0.05) is 38.4 Å². The van der Waals surface area contributed by atoms with Crippen molar-refractivity contribution in [2.24, 2.45) is 17.8 Å². The summed E-state index contributed by atoms with van der Waals surface area (Å²) in [6, 6.07) is 0. The van der Waals surface area contributed by atoms with Crippen LogP contribution in [0.3, 0.4) is 0 Å². The maximum Gasteiger partial charge on any atom is 0.233 e. The fourth-order valence-electron chi connectivity index (χ4n) is 3.86. The Morgan fingerprint density at radius 1 is 1.28 bits per heavy atom. The average Bonchev–Trinajstić information content (AvgIpc) is 3.20. The molecule has 1 aliphatic heterocycles. The number of carbonyl (C=O) groups is 3. The van der Waals surface area contributed by atoms with Gasteiger partial charge in [0.1, 0.15) is 0 Å². The standard InChI is InChI=1S/C18H26N4O3/c1-13(11-21-9-7-19-12-21)10-20-16(23)6-8-22-17(24)14-4-2-3-5-15(14)18(22)25/h7,9,12-15H,2-6,8,10-11H2,1H3,(H,20,23)/t13-,14-,15+/m0/s1. The Hall–Kier alpha value is -2.18. The first-order chi connectivity index (χ1) is 12.1. The fraction of sp³-hybridized carbons (Fsp3) is 0.667. The molecule has 1 aliphatic carbocycles. The van der Waals surface area contributed by atoms with Crippen molar-refractivity contribution in [1.29, 1.82) is 0 Å². The van der Waals surface area contributed by atoms with Crippen molar-refractivity contribution >= 4 is 17.7 Å². The van der Waals surface area contributed by atoms with Gasteiger partial charge in [-0.1, -0.05) is 19.8 Å². The summed E-state index contributed by atoms with van der Waals surface area (Å²) >= 11 is 0. The van der Waals surface area contributed by atoms with Crippen LogP contribution in [-0.2, 0) is 20.9 Å². The van der Waals surface area contributed by atoms with Crippen LogP contribution >= 0.6 is 0 Å². The van der Waals surface area contributed by atoms with Gasteiger partial charge in [0.05, 0.1) is 18.2 Å². The Kier molecular flexibility index (Phi) is 5.50. The summed E-state index contributed by atoms with van der Waals surface area (Å²) in [5.74, 6) is -0.269. The summed E-state index contributed by atoms with van der Waals surface area (Å²) in [4.78, 5) is 42.1. The Bertz CT molecular complexity index is 604. The van der Waals surface area contributed by atoms with Crippen molar-refractivity contribution in [2.75, 3.05) is 13.1 Å². The molecule has 1 saturated heterocycles. The van der Waals surface area contributed by atoms with Gasteiger partial charge >= 0.3 is 0 Å². The van der Waals surface area contributed by atoms with Crippen LogP contribution in [0.1, 0.15) is 39.0 Å². The lowest BCUT2D eigenvalue weighted by Crippen LogP contribution is -2.36. The van der Waals surface area contributed by atoms with E-state index >= 15 is 0 Å². The minimum atomic E-state index is -0.139. The highest BCUT2D eigenvalue weighted by atomic mass is 16.2. The molecule has 1 aromatic rings. The molecule has 3 rings (SSSR count). The zero-order valence-corrected chi connectivity index (χ0v) is 14.7. The fourth-order valence-corrected chi connectivity index (χ4v) is 3.86. The molecule has 2 heterocycles. The van der Waals surface area contributed by atoms with Gasteiger partial charge in [-0.25, -0.2) is 4.98 Å². The van der Waals surface area contributed by atoms with Crippen LogP contribution in [0, 0.1) is 17.8 Å². The normalized spacial score (nSPS) is 24.3. The first-order valence-corrected chi connectivity index (χ1v) is 9.14. The van der Waals surface area contributed by atoms with E-state index in [4.69, 9.17) is 0 Å². The van der Waals surface area contributed by atoms with E-state index in [1.54, 1.807) is 12.5 Å². The van der Waals surface area contributed by atoms with E-state index < -0.39 is 0 Å². The second kappa shape index (κ2) is 7.80. The zero-order chi connectivity index (χ0) is 17.8. The van der Waals surface area contributed by atoms with E-state index in [1.807, 2.05) is 10.8 Å². The first kappa shape index (κ1) is 17.6. The zero-order valence-electron chi connectivity index (χ0n) is 14.7. The second-order valence-corrected chi connectivity index (χ2v) is 7.24. The van der Waals surface area contributed by atoms with E-state index in [-0.39, 0.29) is 48.4 Å². The third-order valence-corrected chi connectivity index (χ3v) is 5.22. The summed E-state index contributed by atoms with van der Waals surface area (Å²) in [5.41, 5.74) is 0. The minimum absolute atomic E-state index is 0.0732. The van der Waals surface area contributed by atoms with Gasteiger partial charge in [-0.05, 0) is 18.8 Å². The number of hydrogen-bond acceptors (Lipinski definition) is 4. The lowest BCUT2D eigenvalue weighted by molar-refractivity contribution is -0.140. The number of imidazole rings is 1. The SMILES string of the molecule is C[C@@H](CNC(=O)CCN1C(=O)[C@H]2CCCC[C@H]2C1=O)Cn1ccnc1. The molecule has 2 aliphatic rings. The highest BCUT2D eigenvalue weighted by Crippen LogP contribution is 2.37. The Morgan fingerprint density at radius 2 is 1.96 bits per heavy atom. The van der Waals surface area contributed by atoms with Crippen molar-refractivity contribution < 1.29 is 14.4 Å². The number of fused-ring (bicyclic) bond motifs is 1. The topological polar surface area (TPSA) is 84.3 Å². The van der Waals surface area contributed by atoms with Crippen molar-refractivity contribution in [1.82, 2.24) is 19.8 Å². The molecule has 0 bridgehead atoms. The molecule has 136 valence electrons. The molecule has 25 heavy (non-hydrogen) atoms. The average molecular weight is 346 g/mol. The monoisotopic (exact) mass is 346 g/mol. The maximum absolute atomic E-state index is 12.4. The van der Waals surface area contributed by atoms with Crippen LogP contribution in [0.25, 0.3) is 0 Å².